The molecule has 8 nitrogen and oxygen atoms in total. The zero-order valence-electron chi connectivity index (χ0n) is 16.7. The Morgan fingerprint density at radius 1 is 1.13 bits per heavy atom. The molecule has 0 unspecified atom stereocenters. The molecule has 2 aromatic carbocycles. The van der Waals surface area contributed by atoms with E-state index in [0.29, 0.717) is 10.7 Å². The maximum atomic E-state index is 13.1. The average molecular weight is 464 g/mol. The third-order valence-corrected chi connectivity index (χ3v) is 7.91. The van der Waals surface area contributed by atoms with Crippen LogP contribution in [0.4, 0.5) is 5.69 Å². The lowest BCUT2D eigenvalue weighted by molar-refractivity contribution is -0.140. The fourth-order valence-corrected chi connectivity index (χ4v) is 6.01. The molecule has 31 heavy (non-hydrogen) atoms. The van der Waals surface area contributed by atoms with Gasteiger partial charge in [0.15, 0.2) is 0 Å². The molecule has 4 rings (SSSR count). The van der Waals surface area contributed by atoms with E-state index in [2.05, 4.69) is 4.72 Å². The fraction of sp³-hybridized carbons (Fsp3) is 0.333. The summed E-state index contributed by atoms with van der Waals surface area (Å²) in [5, 5.41) is 10.4. The van der Waals surface area contributed by atoms with Crippen molar-refractivity contribution in [3.8, 4) is 0 Å². The van der Waals surface area contributed by atoms with Crippen molar-refractivity contribution in [3.05, 3.63) is 65.2 Å². The van der Waals surface area contributed by atoms with Crippen LogP contribution in [0.15, 0.2) is 54.6 Å². The van der Waals surface area contributed by atoms with Crippen LogP contribution in [0.1, 0.15) is 18.4 Å². The first-order valence-corrected chi connectivity index (χ1v) is 11.6. The first kappa shape index (κ1) is 21.8. The van der Waals surface area contributed by atoms with E-state index >= 15 is 0 Å². The molecule has 0 bridgehead atoms. The number of aliphatic carboxylic acids is 1. The Morgan fingerprint density at radius 2 is 1.77 bits per heavy atom. The first-order chi connectivity index (χ1) is 14.7. The van der Waals surface area contributed by atoms with E-state index in [0.717, 1.165) is 9.87 Å². The molecule has 2 aromatic rings. The Bertz CT molecular complexity index is 1110. The quantitative estimate of drug-likeness (QED) is 0.682. The summed E-state index contributed by atoms with van der Waals surface area (Å²) in [6.45, 7) is 1.53. The Labute approximate surface area is 185 Å². The molecule has 2 aliphatic rings. The van der Waals surface area contributed by atoms with E-state index in [1.165, 1.54) is 4.90 Å². The minimum atomic E-state index is -4.21. The summed E-state index contributed by atoms with van der Waals surface area (Å²) in [6.07, 6.45) is 0. The Hall–Kier alpha value is -2.46. The Balaban J connectivity index is 1.52. The molecular weight excluding hydrogens is 442 g/mol. The second kappa shape index (κ2) is 7.90. The number of benzene rings is 2. The number of anilines is 1. The number of hydrogen-bond donors (Lipinski definition) is 2. The number of carbonyl (C=O) groups excluding carboxylic acids is 1. The number of carboxylic acid groups (broad SMARTS) is 1. The lowest BCUT2D eigenvalue weighted by atomic mass is 10.1. The van der Waals surface area contributed by atoms with E-state index in [4.69, 9.17) is 11.6 Å². The molecule has 1 heterocycles. The number of piperazine rings is 1. The normalized spacial score (nSPS) is 26.6. The van der Waals surface area contributed by atoms with Gasteiger partial charge in [-0.05, 0) is 35.7 Å². The predicted molar refractivity (Wildman–Crippen MR) is 116 cm³/mol. The number of hydrogen-bond acceptors (Lipinski definition) is 4. The summed E-state index contributed by atoms with van der Waals surface area (Å²) in [5.74, 6) is -2.56. The highest BCUT2D eigenvalue weighted by atomic mass is 35.5. The molecule has 0 aromatic heterocycles. The van der Waals surface area contributed by atoms with Crippen LogP contribution in [0.2, 0.25) is 5.02 Å². The molecule has 2 N–H and O–H groups in total. The van der Waals surface area contributed by atoms with Crippen LogP contribution in [-0.2, 0) is 19.8 Å². The lowest BCUT2D eigenvalue weighted by Gasteiger charge is -2.34. The highest BCUT2D eigenvalue weighted by Gasteiger charge is 2.70. The number of nitrogens with zero attached hydrogens (tertiary/aromatic N) is 2. The van der Waals surface area contributed by atoms with Crippen molar-refractivity contribution >= 4 is 39.4 Å². The second-order valence-electron chi connectivity index (χ2n) is 7.81. The molecule has 0 spiro atoms. The predicted octanol–water partition coefficient (Wildman–Crippen LogP) is 2.08. The molecule has 3 atom stereocenters. The van der Waals surface area contributed by atoms with Crippen molar-refractivity contribution in [3.63, 3.8) is 0 Å². The summed E-state index contributed by atoms with van der Waals surface area (Å²) < 4.78 is 29.5. The maximum absolute atomic E-state index is 13.1. The summed E-state index contributed by atoms with van der Waals surface area (Å²) in [7, 11) is -4.21. The van der Waals surface area contributed by atoms with Crippen molar-refractivity contribution in [2.75, 3.05) is 24.5 Å². The van der Waals surface area contributed by atoms with E-state index < -0.39 is 39.5 Å². The van der Waals surface area contributed by atoms with Crippen molar-refractivity contribution in [2.45, 2.75) is 18.4 Å². The van der Waals surface area contributed by atoms with Crippen LogP contribution >= 0.6 is 11.6 Å². The minimum absolute atomic E-state index is 0.0454. The summed E-state index contributed by atoms with van der Waals surface area (Å²) >= 11 is 5.88. The van der Waals surface area contributed by atoms with Crippen LogP contribution in [0.25, 0.3) is 0 Å². The van der Waals surface area contributed by atoms with Crippen LogP contribution in [0.5, 0.6) is 0 Å². The van der Waals surface area contributed by atoms with Gasteiger partial charge in [0.25, 0.3) is 10.2 Å². The van der Waals surface area contributed by atoms with Gasteiger partial charge in [-0.15, -0.1) is 0 Å². The van der Waals surface area contributed by atoms with Gasteiger partial charge in [-0.2, -0.15) is 17.4 Å². The van der Waals surface area contributed by atoms with Crippen LogP contribution in [0.3, 0.4) is 0 Å². The molecule has 2 fully saturated rings. The van der Waals surface area contributed by atoms with Gasteiger partial charge in [-0.3, -0.25) is 9.59 Å². The van der Waals surface area contributed by atoms with Gasteiger partial charge >= 0.3 is 5.97 Å². The number of halogens is 1. The SMILES string of the molecule is C[C@@H]1[C@H](c2ccccc2)[C@]1(NS(=O)(=O)N1CCN(c2ccc(Cl)cc2)C(=O)C1)C(=O)O. The standard InChI is InChI=1S/C21H22ClN3O5S/c1-14-19(15-5-3-2-4-6-15)21(14,20(27)28)23-31(29,30)24-11-12-25(18(26)13-24)17-9-7-16(22)8-10-17/h2-10,14,19,23H,11-13H2,1H3,(H,27,28)/t14-,19-,21+/m1/s1. The number of carboxylic acids is 1. The second-order valence-corrected chi connectivity index (χ2v) is 9.92. The highest BCUT2D eigenvalue weighted by molar-refractivity contribution is 7.87. The van der Waals surface area contributed by atoms with Gasteiger partial charge in [0.1, 0.15) is 5.54 Å². The topological polar surface area (TPSA) is 107 Å². The van der Waals surface area contributed by atoms with Crippen molar-refractivity contribution in [2.24, 2.45) is 5.92 Å². The zero-order chi connectivity index (χ0) is 22.4. The van der Waals surface area contributed by atoms with Crippen LogP contribution < -0.4 is 9.62 Å². The largest absolute Gasteiger partial charge is 0.480 e. The number of carbonyl (C=O) groups is 2. The lowest BCUT2D eigenvalue weighted by Crippen LogP contribution is -2.58. The molecule has 1 amide bonds. The average Bonchev–Trinajstić information content (AvgIpc) is 3.33. The van der Waals surface area contributed by atoms with Crippen molar-refractivity contribution in [1.29, 1.82) is 0 Å². The Kier molecular flexibility index (Phi) is 5.55. The summed E-state index contributed by atoms with van der Waals surface area (Å²) in [4.78, 5) is 26.3. The molecule has 0 radical (unpaired) electrons. The molecule has 10 heteroatoms. The molecule has 164 valence electrons. The van der Waals surface area contributed by atoms with Gasteiger partial charge in [0.2, 0.25) is 5.91 Å². The van der Waals surface area contributed by atoms with E-state index in [-0.39, 0.29) is 19.6 Å². The minimum Gasteiger partial charge on any atom is -0.480 e. The van der Waals surface area contributed by atoms with Crippen molar-refractivity contribution < 1.29 is 23.1 Å². The monoisotopic (exact) mass is 463 g/mol. The molecule has 1 aliphatic heterocycles. The zero-order valence-corrected chi connectivity index (χ0v) is 18.3. The number of rotatable bonds is 6. The van der Waals surface area contributed by atoms with Crippen LogP contribution in [-0.4, -0.2) is 54.9 Å². The van der Waals surface area contributed by atoms with Gasteiger partial charge in [-0.1, -0.05) is 48.9 Å². The van der Waals surface area contributed by atoms with Gasteiger partial charge in [-0.25, -0.2) is 0 Å². The molecular formula is C21H22ClN3O5S. The van der Waals surface area contributed by atoms with E-state index in [1.54, 1.807) is 55.5 Å². The van der Waals surface area contributed by atoms with Gasteiger partial charge < -0.3 is 10.0 Å². The Morgan fingerprint density at radius 3 is 2.35 bits per heavy atom. The number of amides is 1. The smallest absolute Gasteiger partial charge is 0.325 e. The van der Waals surface area contributed by atoms with Gasteiger partial charge in [0, 0.05) is 29.7 Å². The van der Waals surface area contributed by atoms with E-state index in [9.17, 15) is 23.1 Å². The molecule has 1 saturated carbocycles. The summed E-state index contributed by atoms with van der Waals surface area (Å²) in [6, 6.07) is 15.7. The van der Waals surface area contributed by atoms with Gasteiger partial charge in [0.05, 0.1) is 6.54 Å². The number of nitrogens with one attached hydrogen (secondary N) is 1. The summed E-state index contributed by atoms with van der Waals surface area (Å²) in [5.41, 5.74) is -0.263. The van der Waals surface area contributed by atoms with Crippen LogP contribution in [0, 0.1) is 5.92 Å². The molecule has 1 saturated heterocycles. The fourth-order valence-electron chi connectivity index (χ4n) is 4.33. The third-order valence-electron chi connectivity index (χ3n) is 6.07. The molecule has 1 aliphatic carbocycles. The van der Waals surface area contributed by atoms with E-state index in [1.807, 2.05) is 6.07 Å². The first-order valence-electron chi connectivity index (χ1n) is 9.80. The third kappa shape index (κ3) is 3.82. The van der Waals surface area contributed by atoms with Crippen molar-refractivity contribution in [1.82, 2.24) is 9.03 Å². The maximum Gasteiger partial charge on any atom is 0.325 e. The highest BCUT2D eigenvalue weighted by Crippen LogP contribution is 2.57.